The van der Waals surface area contributed by atoms with E-state index < -0.39 is 12.0 Å². The Morgan fingerprint density at radius 3 is 1.50 bits per heavy atom. The van der Waals surface area contributed by atoms with Crippen LogP contribution in [0.15, 0.2) is 0 Å². The van der Waals surface area contributed by atoms with Crippen LogP contribution in [0.2, 0.25) is 0 Å². The van der Waals surface area contributed by atoms with Crippen molar-refractivity contribution in [2.75, 3.05) is 52.6 Å². The van der Waals surface area contributed by atoms with Gasteiger partial charge in [0.25, 0.3) is 0 Å². The number of aliphatic hydroxyl groups is 1. The van der Waals surface area contributed by atoms with E-state index in [1.54, 1.807) is 0 Å². The first-order chi connectivity index (χ1) is 22.4. The summed E-state index contributed by atoms with van der Waals surface area (Å²) in [5.41, 5.74) is 0. The van der Waals surface area contributed by atoms with Crippen LogP contribution in [0.3, 0.4) is 0 Å². The Balaban J connectivity index is 0. The van der Waals surface area contributed by atoms with Gasteiger partial charge in [-0.25, -0.2) is 4.79 Å². The normalized spacial score (nSPS) is 11.5. The number of hydrogen-bond acceptors (Lipinski definition) is 8. The fourth-order valence-electron chi connectivity index (χ4n) is 4.78. The van der Waals surface area contributed by atoms with Crippen molar-refractivity contribution in [3.63, 3.8) is 0 Å². The molecular formula is C37H74N2O7. The molecule has 0 heterocycles. The summed E-state index contributed by atoms with van der Waals surface area (Å²) in [6.07, 6.45) is 21.5. The zero-order chi connectivity index (χ0) is 34.5. The predicted octanol–water partition coefficient (Wildman–Crippen LogP) is 8.60. The van der Waals surface area contributed by atoms with Gasteiger partial charge < -0.3 is 29.5 Å². The Kier molecular flexibility index (Phi) is 37.8. The second-order valence-electron chi connectivity index (χ2n) is 12.3. The zero-order valence-corrected chi connectivity index (χ0v) is 30.7. The van der Waals surface area contributed by atoms with Gasteiger partial charge in [-0.15, -0.1) is 0 Å². The van der Waals surface area contributed by atoms with Crippen molar-refractivity contribution in [1.29, 1.82) is 0 Å². The molecule has 9 heteroatoms. The number of ether oxygens (including phenoxy) is 3. The maximum Gasteiger partial charge on any atom is 0.407 e. The number of unbranched alkanes of at least 4 members (excludes halogenated alkanes) is 15. The lowest BCUT2D eigenvalue weighted by atomic mass is 10.1. The molecule has 9 nitrogen and oxygen atoms in total. The van der Waals surface area contributed by atoms with E-state index in [1.165, 1.54) is 70.6 Å². The van der Waals surface area contributed by atoms with Crippen molar-refractivity contribution >= 4 is 18.0 Å². The summed E-state index contributed by atoms with van der Waals surface area (Å²) >= 11 is 0. The van der Waals surface area contributed by atoms with E-state index in [2.05, 4.69) is 44.8 Å². The SMILES string of the molecule is CCCCCCCC.CCCCCCCCCOC(=O)CCCCCCCC(=O)OCC(CO)COC(=O)NCCN(CC)CC. The lowest BCUT2D eigenvalue weighted by Gasteiger charge is -2.18. The summed E-state index contributed by atoms with van der Waals surface area (Å²) in [5.74, 6) is -0.877. The molecule has 46 heavy (non-hydrogen) atoms. The zero-order valence-electron chi connectivity index (χ0n) is 30.7. The largest absolute Gasteiger partial charge is 0.466 e. The van der Waals surface area contributed by atoms with Gasteiger partial charge in [-0.05, 0) is 32.4 Å². The molecular weight excluding hydrogens is 584 g/mol. The summed E-state index contributed by atoms with van der Waals surface area (Å²) in [4.78, 5) is 37.7. The van der Waals surface area contributed by atoms with E-state index in [0.29, 0.717) is 26.0 Å². The molecule has 0 spiro atoms. The van der Waals surface area contributed by atoms with Gasteiger partial charge in [0.15, 0.2) is 0 Å². The van der Waals surface area contributed by atoms with Gasteiger partial charge in [0.1, 0.15) is 6.61 Å². The Labute approximate surface area is 283 Å². The van der Waals surface area contributed by atoms with E-state index in [9.17, 15) is 19.5 Å². The summed E-state index contributed by atoms with van der Waals surface area (Å²) in [6, 6.07) is 0. The monoisotopic (exact) mass is 659 g/mol. The molecule has 0 rings (SSSR count). The van der Waals surface area contributed by atoms with Crippen molar-refractivity contribution in [2.45, 2.75) is 163 Å². The third-order valence-corrected chi connectivity index (χ3v) is 8.01. The minimum Gasteiger partial charge on any atom is -0.466 e. The molecule has 0 aromatic carbocycles. The molecule has 1 unspecified atom stereocenters. The molecule has 0 aliphatic carbocycles. The highest BCUT2D eigenvalue weighted by molar-refractivity contribution is 5.69. The van der Waals surface area contributed by atoms with Crippen molar-refractivity contribution in [3.05, 3.63) is 0 Å². The van der Waals surface area contributed by atoms with Gasteiger partial charge >= 0.3 is 18.0 Å². The Hall–Kier alpha value is -1.87. The average Bonchev–Trinajstić information content (AvgIpc) is 3.06. The third kappa shape index (κ3) is 35.0. The van der Waals surface area contributed by atoms with Gasteiger partial charge in [-0.2, -0.15) is 0 Å². The predicted molar refractivity (Wildman–Crippen MR) is 189 cm³/mol. The first-order valence-electron chi connectivity index (χ1n) is 18.9. The van der Waals surface area contributed by atoms with Gasteiger partial charge in [-0.1, -0.05) is 131 Å². The van der Waals surface area contributed by atoms with Crippen LogP contribution in [0.4, 0.5) is 4.79 Å². The number of aliphatic hydroxyl groups excluding tert-OH is 1. The van der Waals surface area contributed by atoms with Crippen molar-refractivity contribution in [1.82, 2.24) is 10.2 Å². The number of likely N-dealkylation sites (N-methyl/N-ethyl adjacent to an activating group) is 1. The van der Waals surface area contributed by atoms with Gasteiger partial charge in [-0.3, -0.25) is 9.59 Å². The first kappa shape index (κ1) is 46.2. The van der Waals surface area contributed by atoms with E-state index in [-0.39, 0.29) is 31.8 Å². The molecule has 274 valence electrons. The molecule has 0 bridgehead atoms. The van der Waals surface area contributed by atoms with E-state index in [1.807, 2.05) is 0 Å². The van der Waals surface area contributed by atoms with Crippen molar-refractivity contribution < 1.29 is 33.7 Å². The lowest BCUT2D eigenvalue weighted by Crippen LogP contribution is -2.36. The maximum atomic E-state index is 12.0. The molecule has 0 aromatic rings. The topological polar surface area (TPSA) is 114 Å². The minimum atomic E-state index is -0.539. The molecule has 0 aliphatic heterocycles. The molecule has 1 amide bonds. The molecule has 0 aromatic heterocycles. The van der Waals surface area contributed by atoms with Gasteiger partial charge in [0.05, 0.1) is 25.7 Å². The Bertz CT molecular complexity index is 668. The number of carbonyl (C=O) groups excluding carboxylic acids is 3. The van der Waals surface area contributed by atoms with Gasteiger partial charge in [0, 0.05) is 25.9 Å². The summed E-state index contributed by atoms with van der Waals surface area (Å²) in [5, 5.41) is 12.1. The van der Waals surface area contributed by atoms with E-state index in [4.69, 9.17) is 14.2 Å². The smallest absolute Gasteiger partial charge is 0.407 e. The number of amides is 1. The molecule has 1 atom stereocenters. The second-order valence-corrected chi connectivity index (χ2v) is 12.3. The average molecular weight is 659 g/mol. The third-order valence-electron chi connectivity index (χ3n) is 8.01. The highest BCUT2D eigenvalue weighted by Gasteiger charge is 2.14. The Morgan fingerprint density at radius 2 is 1.02 bits per heavy atom. The first-order valence-corrected chi connectivity index (χ1v) is 18.9. The van der Waals surface area contributed by atoms with Crippen molar-refractivity contribution in [3.8, 4) is 0 Å². The molecule has 2 N–H and O–H groups in total. The number of hydrogen-bond donors (Lipinski definition) is 2. The van der Waals surface area contributed by atoms with Crippen LogP contribution in [0.5, 0.6) is 0 Å². The molecule has 0 aliphatic rings. The maximum absolute atomic E-state index is 12.0. The minimum absolute atomic E-state index is 0.0115. The standard InChI is InChI=1S/C29H56N2O7.C8H18/c1-4-7-8-9-10-14-17-22-36-27(33)18-15-12-11-13-16-19-28(34)37-24-26(23-32)25-38-29(35)30-20-21-31(5-2)6-3;1-3-5-7-8-6-4-2/h26,32H,4-25H2,1-3H3,(H,30,35);3-8H2,1-2H3. The van der Waals surface area contributed by atoms with Gasteiger partial charge in [0.2, 0.25) is 0 Å². The van der Waals surface area contributed by atoms with Crippen LogP contribution in [-0.4, -0.2) is 80.6 Å². The molecule has 0 radical (unpaired) electrons. The fraction of sp³-hybridized carbons (Fsp3) is 0.919. The Morgan fingerprint density at radius 1 is 0.587 bits per heavy atom. The van der Waals surface area contributed by atoms with E-state index in [0.717, 1.165) is 64.6 Å². The van der Waals surface area contributed by atoms with Crippen LogP contribution in [0, 0.1) is 5.92 Å². The number of nitrogens with one attached hydrogen (secondary N) is 1. The number of alkyl carbamates (subject to hydrolysis) is 1. The highest BCUT2D eigenvalue weighted by atomic mass is 16.6. The van der Waals surface area contributed by atoms with Crippen LogP contribution < -0.4 is 5.32 Å². The van der Waals surface area contributed by atoms with Crippen molar-refractivity contribution in [2.24, 2.45) is 5.92 Å². The number of nitrogens with zero attached hydrogens (tertiary/aromatic N) is 1. The summed E-state index contributed by atoms with van der Waals surface area (Å²) in [6.45, 7) is 14.2. The van der Waals surface area contributed by atoms with Crippen LogP contribution >= 0.6 is 0 Å². The van der Waals surface area contributed by atoms with Crippen LogP contribution in [-0.2, 0) is 23.8 Å². The summed E-state index contributed by atoms with van der Waals surface area (Å²) in [7, 11) is 0. The lowest BCUT2D eigenvalue weighted by molar-refractivity contribution is -0.146. The summed E-state index contributed by atoms with van der Waals surface area (Å²) < 4.78 is 15.7. The van der Waals surface area contributed by atoms with Crippen LogP contribution in [0.25, 0.3) is 0 Å². The van der Waals surface area contributed by atoms with Crippen LogP contribution in [0.1, 0.15) is 163 Å². The molecule has 0 saturated heterocycles. The quantitative estimate of drug-likeness (QED) is 0.0432. The molecule has 0 saturated carbocycles. The second kappa shape index (κ2) is 37.6. The number of carbonyl (C=O) groups is 3. The molecule has 0 fully saturated rings. The van der Waals surface area contributed by atoms with E-state index >= 15 is 0 Å². The number of rotatable bonds is 31. The highest BCUT2D eigenvalue weighted by Crippen LogP contribution is 2.10. The fourth-order valence-corrected chi connectivity index (χ4v) is 4.78. The number of esters is 2.